The molecule has 0 saturated carbocycles. The van der Waals surface area contributed by atoms with Gasteiger partial charge < -0.3 is 34.6 Å². The summed E-state index contributed by atoms with van der Waals surface area (Å²) in [6.45, 7) is 5.47. The minimum absolute atomic E-state index is 0.0107. The number of nitrogens with zero attached hydrogens (tertiary/aromatic N) is 3. The van der Waals surface area contributed by atoms with Gasteiger partial charge >= 0.3 is 0 Å². The van der Waals surface area contributed by atoms with Crippen LogP contribution in [-0.4, -0.2) is 88.9 Å². The molecule has 17 heteroatoms. The Kier molecular flexibility index (Phi) is 16.9. The van der Waals surface area contributed by atoms with Gasteiger partial charge in [-0.3, -0.25) is 43.3 Å². The number of para-hydroxylation sites is 2. The third-order valence-electron chi connectivity index (χ3n) is 16.2. The van der Waals surface area contributed by atoms with Crippen molar-refractivity contribution in [2.75, 3.05) is 28.8 Å². The molecule has 6 amide bonds. The Bertz CT molecular complexity index is 3370. The van der Waals surface area contributed by atoms with Crippen molar-refractivity contribution >= 4 is 76.7 Å². The first-order valence-corrected chi connectivity index (χ1v) is 28.5. The molecule has 5 unspecified atom stereocenters. The summed E-state index contributed by atoms with van der Waals surface area (Å²) >= 11 is 5.03. The van der Waals surface area contributed by atoms with Crippen molar-refractivity contribution in [2.24, 2.45) is 5.92 Å². The fourth-order valence-electron chi connectivity index (χ4n) is 11.8. The molecule has 0 saturated heterocycles. The third kappa shape index (κ3) is 12.3. The zero-order valence-corrected chi connectivity index (χ0v) is 47.0. The summed E-state index contributed by atoms with van der Waals surface area (Å²) in [6.07, 6.45) is 7.71. The van der Waals surface area contributed by atoms with Crippen LogP contribution in [-0.2, 0) is 67.7 Å². The van der Waals surface area contributed by atoms with Crippen molar-refractivity contribution in [1.82, 2.24) is 10.2 Å². The van der Waals surface area contributed by atoms with Gasteiger partial charge in [-0.25, -0.2) is 0 Å². The Morgan fingerprint density at radius 3 is 2.01 bits per heavy atom. The van der Waals surface area contributed by atoms with Crippen LogP contribution in [0.5, 0.6) is 17.2 Å². The van der Waals surface area contributed by atoms with Crippen LogP contribution in [0.1, 0.15) is 125 Å². The molecule has 5 aromatic carbocycles. The second-order valence-corrected chi connectivity index (χ2v) is 22.6. The van der Waals surface area contributed by atoms with E-state index in [-0.39, 0.29) is 104 Å². The summed E-state index contributed by atoms with van der Waals surface area (Å²) in [4.78, 5) is 109. The Morgan fingerprint density at radius 1 is 0.679 bits per heavy atom. The molecule has 16 nitrogen and oxygen atoms in total. The van der Waals surface area contributed by atoms with Gasteiger partial charge in [0.05, 0.1) is 19.2 Å². The predicted molar refractivity (Wildman–Crippen MR) is 309 cm³/mol. The Balaban J connectivity index is 0.801. The summed E-state index contributed by atoms with van der Waals surface area (Å²) in [5.41, 5.74) is 9.71. The number of hydrogen-bond donors (Lipinski definition) is 3. The van der Waals surface area contributed by atoms with Gasteiger partial charge in [0, 0.05) is 89.8 Å². The smallest absolute Gasteiger partial charge is 0.259 e. The Hall–Kier alpha value is -8.05. The van der Waals surface area contributed by atoms with E-state index in [0.29, 0.717) is 83.7 Å². The van der Waals surface area contributed by atoms with Crippen LogP contribution in [0.25, 0.3) is 0 Å². The highest BCUT2D eigenvalue weighted by atomic mass is 32.1. The van der Waals surface area contributed by atoms with Gasteiger partial charge in [0.2, 0.25) is 11.8 Å². The van der Waals surface area contributed by atoms with Crippen molar-refractivity contribution < 1.29 is 52.6 Å². The highest BCUT2D eigenvalue weighted by Crippen LogP contribution is 2.43. The van der Waals surface area contributed by atoms with E-state index < -0.39 is 17.9 Å². The number of rotatable bonds is 22. The summed E-state index contributed by atoms with van der Waals surface area (Å²) in [5, 5.41) is 5.59. The molecular formula is C64H67N5O11S. The number of aryl methyl sites for hydroxylation is 2. The number of thiol groups is 1. The third-order valence-corrected chi connectivity index (χ3v) is 16.7. The number of carbonyl (C=O) groups is 8. The summed E-state index contributed by atoms with van der Waals surface area (Å²) in [7, 11) is 1.53. The van der Waals surface area contributed by atoms with Crippen LogP contribution in [0.15, 0.2) is 103 Å². The molecule has 5 atom stereocenters. The SMILES string of the molecule is COc1cc2c(cc1OCc1cc(COc3cc4c(cc3C)C(=O)N3c5ccccc5CC3CC4)cc(NC(=O)C(C)CC(=O)C(C)NC(=O)CCCCC(=O)CCCN3C(=O)C=CC3=O)c1)CC(S)C1Cc3ccccc3N1C2=O. The molecule has 5 aliphatic heterocycles. The van der Waals surface area contributed by atoms with Crippen LogP contribution in [0.3, 0.4) is 0 Å². The van der Waals surface area contributed by atoms with Crippen LogP contribution >= 0.6 is 12.6 Å². The molecule has 0 aliphatic carbocycles. The van der Waals surface area contributed by atoms with Gasteiger partial charge in [0.15, 0.2) is 17.3 Å². The van der Waals surface area contributed by atoms with E-state index in [2.05, 4.69) is 22.8 Å². The number of carbonyl (C=O) groups excluding carboxylic acids is 8. The maximum Gasteiger partial charge on any atom is 0.259 e. The van der Waals surface area contributed by atoms with Crippen molar-refractivity contribution in [2.45, 2.75) is 134 Å². The van der Waals surface area contributed by atoms with Crippen LogP contribution in [0.4, 0.5) is 17.1 Å². The lowest BCUT2D eigenvalue weighted by Gasteiger charge is -2.26. The number of hydrogen-bond acceptors (Lipinski definition) is 12. The van der Waals surface area contributed by atoms with E-state index in [1.165, 1.54) is 24.8 Å². The lowest BCUT2D eigenvalue weighted by molar-refractivity contribution is -0.137. The molecule has 10 rings (SSSR count). The van der Waals surface area contributed by atoms with Gasteiger partial charge in [0.25, 0.3) is 23.6 Å². The molecule has 5 aromatic rings. The number of anilines is 3. The molecule has 2 N–H and O–H groups in total. The Morgan fingerprint density at radius 2 is 1.30 bits per heavy atom. The molecule has 0 radical (unpaired) electrons. The van der Waals surface area contributed by atoms with Crippen molar-refractivity contribution in [3.8, 4) is 17.2 Å². The largest absolute Gasteiger partial charge is 0.493 e. The van der Waals surface area contributed by atoms with E-state index in [1.54, 1.807) is 26.0 Å². The number of unbranched alkanes of at least 4 members (excludes halogenated alkanes) is 1. The second-order valence-electron chi connectivity index (χ2n) is 22.0. The average molecular weight is 1110 g/mol. The van der Waals surface area contributed by atoms with E-state index in [4.69, 9.17) is 26.8 Å². The maximum absolute atomic E-state index is 14.3. The summed E-state index contributed by atoms with van der Waals surface area (Å²) < 4.78 is 18.9. The highest BCUT2D eigenvalue weighted by molar-refractivity contribution is 7.81. The zero-order valence-electron chi connectivity index (χ0n) is 46.1. The molecular weight excluding hydrogens is 1050 g/mol. The molecule has 420 valence electrons. The van der Waals surface area contributed by atoms with Crippen LogP contribution in [0.2, 0.25) is 0 Å². The minimum Gasteiger partial charge on any atom is -0.493 e. The number of nitrogens with one attached hydrogen (secondary N) is 2. The zero-order chi connectivity index (χ0) is 57.1. The van der Waals surface area contributed by atoms with Gasteiger partial charge in [-0.05, 0) is 159 Å². The van der Waals surface area contributed by atoms with Gasteiger partial charge in [0.1, 0.15) is 24.7 Å². The first kappa shape index (κ1) is 56.2. The minimum atomic E-state index is -0.858. The van der Waals surface area contributed by atoms with Crippen molar-refractivity contribution in [1.29, 1.82) is 0 Å². The van der Waals surface area contributed by atoms with E-state index >= 15 is 0 Å². The second kappa shape index (κ2) is 24.4. The fourth-order valence-corrected chi connectivity index (χ4v) is 12.2. The number of ether oxygens (including phenoxy) is 3. The van der Waals surface area contributed by atoms with Crippen LogP contribution in [0, 0.1) is 12.8 Å². The van der Waals surface area contributed by atoms with E-state index in [0.717, 1.165) is 51.4 Å². The van der Waals surface area contributed by atoms with Crippen molar-refractivity contribution in [3.05, 3.63) is 153 Å². The van der Waals surface area contributed by atoms with Crippen molar-refractivity contribution in [3.63, 3.8) is 0 Å². The first-order valence-electron chi connectivity index (χ1n) is 28.0. The van der Waals surface area contributed by atoms with Crippen LogP contribution < -0.4 is 34.6 Å². The fraction of sp³-hybridized carbons (Fsp3) is 0.375. The number of amides is 6. The van der Waals surface area contributed by atoms with Gasteiger partial charge in [-0.2, -0.15) is 12.6 Å². The Labute approximate surface area is 477 Å². The summed E-state index contributed by atoms with van der Waals surface area (Å²) in [6, 6.07) is 28.2. The number of ketones is 2. The van der Waals surface area contributed by atoms with Gasteiger partial charge in [-0.15, -0.1) is 0 Å². The lowest BCUT2D eigenvalue weighted by atomic mass is 9.98. The summed E-state index contributed by atoms with van der Waals surface area (Å²) in [5.74, 6) is -1.33. The number of methoxy groups -OCH3 is 1. The first-order chi connectivity index (χ1) is 39.0. The average Bonchev–Trinajstić information content (AvgIpc) is 3.78. The number of Topliss-reactive ketones (excluding diaryl/α,β-unsaturated/α-hetero) is 2. The molecule has 0 fully saturated rings. The van der Waals surface area contributed by atoms with E-state index in [1.807, 2.05) is 83.5 Å². The number of imide groups is 1. The molecule has 5 aliphatic rings. The number of benzene rings is 5. The molecule has 0 bridgehead atoms. The molecule has 5 heterocycles. The highest BCUT2D eigenvalue weighted by Gasteiger charge is 2.42. The maximum atomic E-state index is 14.3. The standard InChI is InChI=1S/C64H67N5O11S/c1-37-24-49-42(19-20-47-29-43-12-5-8-16-51(43)68(47)63(49)76)31-55(37)79-35-40-26-41(36-80-57-32-45-33-58(81)53-30-44-13-6-9-17-52(44)69(53)64(77)50(45)34-56(57)78-4)28-46(27-40)66-62(75)38(2)25-54(71)39(3)65-59(72)18-10-7-14-48(70)15-11-23-67-60(73)21-22-61(67)74/h5-6,8-9,12-13,16-17,21-22,24,26-28,31-32,34,38-39,47,53,58,81H,7,10-11,14-15,18-20,23,25,29-30,33,35-36H2,1-4H3,(H,65,72)(H,66,75). The lowest BCUT2D eigenvalue weighted by Crippen LogP contribution is -2.41. The van der Waals surface area contributed by atoms with Gasteiger partial charge in [-0.1, -0.05) is 43.3 Å². The predicted octanol–water partition coefficient (Wildman–Crippen LogP) is 8.98. The normalized spacial score (nSPS) is 18.4. The topological polar surface area (TPSA) is 198 Å². The quantitative estimate of drug-likeness (QED) is 0.0340. The number of fused-ring (bicyclic) bond motifs is 8. The molecule has 0 aromatic heterocycles. The molecule has 81 heavy (non-hydrogen) atoms. The molecule has 0 spiro atoms. The monoisotopic (exact) mass is 1110 g/mol. The van der Waals surface area contributed by atoms with E-state index in [9.17, 15) is 38.4 Å².